The molecule has 0 heterocycles. The Morgan fingerprint density at radius 1 is 1.43 bits per heavy atom. The summed E-state index contributed by atoms with van der Waals surface area (Å²) >= 11 is 0. The predicted molar refractivity (Wildman–Crippen MR) is 61.0 cm³/mol. The standard InChI is InChI=1S/C12H23NO/c1-6-10(7-2)13-9-11(14)8-12(3,4)5/h1,10-11,13-14H,7-9H2,2-5H3. The normalized spacial score (nSPS) is 16.0. The summed E-state index contributed by atoms with van der Waals surface area (Å²) in [5.41, 5.74) is 0.166. The van der Waals surface area contributed by atoms with Crippen LogP contribution in [-0.4, -0.2) is 23.8 Å². The summed E-state index contributed by atoms with van der Waals surface area (Å²) < 4.78 is 0. The van der Waals surface area contributed by atoms with Gasteiger partial charge in [0.2, 0.25) is 0 Å². The highest BCUT2D eigenvalue weighted by Crippen LogP contribution is 2.20. The fourth-order valence-electron chi connectivity index (χ4n) is 1.38. The van der Waals surface area contributed by atoms with Crippen LogP contribution in [0.2, 0.25) is 0 Å². The van der Waals surface area contributed by atoms with E-state index in [9.17, 15) is 5.11 Å². The average molecular weight is 197 g/mol. The molecule has 14 heavy (non-hydrogen) atoms. The second-order valence-electron chi connectivity index (χ2n) is 4.95. The highest BCUT2D eigenvalue weighted by molar-refractivity contribution is 4.98. The maximum Gasteiger partial charge on any atom is 0.0685 e. The van der Waals surface area contributed by atoms with Crippen molar-refractivity contribution in [3.8, 4) is 12.3 Å². The van der Waals surface area contributed by atoms with Crippen LogP contribution in [0.15, 0.2) is 0 Å². The van der Waals surface area contributed by atoms with Crippen LogP contribution >= 0.6 is 0 Å². The van der Waals surface area contributed by atoms with Gasteiger partial charge in [0, 0.05) is 6.54 Å². The van der Waals surface area contributed by atoms with E-state index in [0.29, 0.717) is 6.54 Å². The zero-order valence-corrected chi connectivity index (χ0v) is 9.80. The van der Waals surface area contributed by atoms with Gasteiger partial charge in [-0.3, -0.25) is 0 Å². The van der Waals surface area contributed by atoms with Crippen LogP contribution in [0.1, 0.15) is 40.5 Å². The SMILES string of the molecule is C#CC(CC)NCC(O)CC(C)(C)C. The second-order valence-corrected chi connectivity index (χ2v) is 4.95. The van der Waals surface area contributed by atoms with Crippen molar-refractivity contribution in [3.05, 3.63) is 0 Å². The van der Waals surface area contributed by atoms with Crippen LogP contribution in [0.5, 0.6) is 0 Å². The minimum Gasteiger partial charge on any atom is -0.392 e. The van der Waals surface area contributed by atoms with E-state index in [4.69, 9.17) is 6.42 Å². The van der Waals surface area contributed by atoms with Crippen molar-refractivity contribution in [2.24, 2.45) is 5.41 Å². The Morgan fingerprint density at radius 2 is 2.00 bits per heavy atom. The monoisotopic (exact) mass is 197 g/mol. The van der Waals surface area contributed by atoms with Gasteiger partial charge in [-0.05, 0) is 18.3 Å². The predicted octanol–water partition coefficient (Wildman–Crippen LogP) is 1.78. The summed E-state index contributed by atoms with van der Waals surface area (Å²) in [6.07, 6.45) is 6.69. The number of rotatable bonds is 5. The van der Waals surface area contributed by atoms with Gasteiger partial charge in [0.15, 0.2) is 0 Å². The lowest BCUT2D eigenvalue weighted by Crippen LogP contribution is -2.36. The molecule has 0 fully saturated rings. The molecule has 2 unspecified atom stereocenters. The number of aliphatic hydroxyl groups excluding tert-OH is 1. The maximum atomic E-state index is 9.69. The van der Waals surface area contributed by atoms with Crippen LogP contribution in [-0.2, 0) is 0 Å². The van der Waals surface area contributed by atoms with Crippen LogP contribution in [0, 0.1) is 17.8 Å². The van der Waals surface area contributed by atoms with Gasteiger partial charge in [-0.25, -0.2) is 0 Å². The number of terminal acetylenes is 1. The minimum absolute atomic E-state index is 0.0876. The van der Waals surface area contributed by atoms with Gasteiger partial charge >= 0.3 is 0 Å². The van der Waals surface area contributed by atoms with E-state index in [-0.39, 0.29) is 17.6 Å². The molecule has 2 heteroatoms. The molecule has 0 radical (unpaired) electrons. The Balaban J connectivity index is 3.75. The molecule has 0 saturated heterocycles. The van der Waals surface area contributed by atoms with Crippen molar-refractivity contribution in [1.82, 2.24) is 5.32 Å². The average Bonchev–Trinajstić information content (AvgIpc) is 2.03. The summed E-state index contributed by atoms with van der Waals surface area (Å²) in [7, 11) is 0. The minimum atomic E-state index is -0.308. The van der Waals surface area contributed by atoms with Gasteiger partial charge in [-0.2, -0.15) is 0 Å². The van der Waals surface area contributed by atoms with Gasteiger partial charge in [-0.1, -0.05) is 33.6 Å². The van der Waals surface area contributed by atoms with E-state index >= 15 is 0 Å². The second kappa shape index (κ2) is 6.06. The largest absolute Gasteiger partial charge is 0.392 e. The Labute approximate surface area is 88.1 Å². The molecule has 2 N–H and O–H groups in total. The Kier molecular flexibility index (Phi) is 5.83. The molecule has 0 rings (SSSR count). The van der Waals surface area contributed by atoms with Crippen molar-refractivity contribution < 1.29 is 5.11 Å². The Morgan fingerprint density at radius 3 is 2.36 bits per heavy atom. The maximum absolute atomic E-state index is 9.69. The first-order valence-electron chi connectivity index (χ1n) is 5.26. The Bertz CT molecular complexity index is 187. The molecular formula is C12H23NO. The molecule has 0 aliphatic rings. The third kappa shape index (κ3) is 6.94. The zero-order chi connectivity index (χ0) is 11.2. The summed E-state index contributed by atoms with van der Waals surface area (Å²) in [5, 5.41) is 12.8. The van der Waals surface area contributed by atoms with Crippen LogP contribution < -0.4 is 5.32 Å². The van der Waals surface area contributed by atoms with Crippen molar-refractivity contribution >= 4 is 0 Å². The molecule has 0 spiro atoms. The number of hydrogen-bond acceptors (Lipinski definition) is 2. The van der Waals surface area contributed by atoms with Gasteiger partial charge in [0.1, 0.15) is 0 Å². The third-order valence-corrected chi connectivity index (χ3v) is 2.06. The van der Waals surface area contributed by atoms with Gasteiger partial charge in [0.05, 0.1) is 12.1 Å². The highest BCUT2D eigenvalue weighted by atomic mass is 16.3. The summed E-state index contributed by atoms with van der Waals surface area (Å²) in [6, 6.07) is 0.0876. The zero-order valence-electron chi connectivity index (χ0n) is 9.80. The van der Waals surface area contributed by atoms with Crippen molar-refractivity contribution in [2.45, 2.75) is 52.7 Å². The fourth-order valence-corrected chi connectivity index (χ4v) is 1.38. The molecular weight excluding hydrogens is 174 g/mol. The lowest BCUT2D eigenvalue weighted by atomic mass is 9.89. The molecule has 0 amide bonds. The fraction of sp³-hybridized carbons (Fsp3) is 0.833. The van der Waals surface area contributed by atoms with Crippen molar-refractivity contribution in [1.29, 1.82) is 0 Å². The van der Waals surface area contributed by atoms with E-state index in [1.54, 1.807) is 0 Å². The summed E-state index contributed by atoms with van der Waals surface area (Å²) in [5.74, 6) is 2.65. The van der Waals surface area contributed by atoms with Crippen LogP contribution in [0.25, 0.3) is 0 Å². The van der Waals surface area contributed by atoms with Gasteiger partial charge < -0.3 is 10.4 Å². The molecule has 0 aliphatic carbocycles. The Hall–Kier alpha value is -0.520. The van der Waals surface area contributed by atoms with E-state index < -0.39 is 0 Å². The molecule has 0 aromatic heterocycles. The van der Waals surface area contributed by atoms with Crippen molar-refractivity contribution in [3.63, 3.8) is 0 Å². The lowest BCUT2D eigenvalue weighted by Gasteiger charge is -2.23. The number of aliphatic hydroxyl groups is 1. The van der Waals surface area contributed by atoms with E-state index in [2.05, 4.69) is 32.0 Å². The summed E-state index contributed by atoms with van der Waals surface area (Å²) in [4.78, 5) is 0. The van der Waals surface area contributed by atoms with E-state index in [0.717, 1.165) is 12.8 Å². The lowest BCUT2D eigenvalue weighted by molar-refractivity contribution is 0.118. The molecule has 0 aromatic carbocycles. The summed E-state index contributed by atoms with van der Waals surface area (Å²) in [6.45, 7) is 8.98. The molecule has 0 aliphatic heterocycles. The topological polar surface area (TPSA) is 32.3 Å². The van der Waals surface area contributed by atoms with Gasteiger partial charge in [-0.15, -0.1) is 6.42 Å². The first-order valence-corrected chi connectivity index (χ1v) is 5.26. The first-order chi connectivity index (χ1) is 6.39. The van der Waals surface area contributed by atoms with Crippen LogP contribution in [0.3, 0.4) is 0 Å². The smallest absolute Gasteiger partial charge is 0.0685 e. The van der Waals surface area contributed by atoms with Crippen molar-refractivity contribution in [2.75, 3.05) is 6.54 Å². The molecule has 0 saturated carbocycles. The molecule has 0 aromatic rings. The first kappa shape index (κ1) is 13.5. The quantitative estimate of drug-likeness (QED) is 0.659. The third-order valence-electron chi connectivity index (χ3n) is 2.06. The van der Waals surface area contributed by atoms with Gasteiger partial charge in [0.25, 0.3) is 0 Å². The molecule has 0 bridgehead atoms. The molecule has 2 atom stereocenters. The number of nitrogens with one attached hydrogen (secondary N) is 1. The van der Waals surface area contributed by atoms with E-state index in [1.165, 1.54) is 0 Å². The highest BCUT2D eigenvalue weighted by Gasteiger charge is 2.16. The van der Waals surface area contributed by atoms with Crippen LogP contribution in [0.4, 0.5) is 0 Å². The number of hydrogen-bond donors (Lipinski definition) is 2. The molecule has 2 nitrogen and oxygen atoms in total. The molecule has 82 valence electrons. The van der Waals surface area contributed by atoms with E-state index in [1.807, 2.05) is 6.92 Å².